The predicted molar refractivity (Wildman–Crippen MR) is 141 cm³/mol. The number of aromatic nitrogens is 1. The number of ketones is 1. The van der Waals surface area contributed by atoms with E-state index in [1.165, 1.54) is 0 Å². The Hall–Kier alpha value is -3.33. The Morgan fingerprint density at radius 3 is 2.70 bits per heavy atom. The molecule has 194 valence electrons. The van der Waals surface area contributed by atoms with E-state index in [-0.39, 0.29) is 5.78 Å². The number of aryl methyl sites for hydroxylation is 1. The molecule has 0 aliphatic carbocycles. The third-order valence-corrected chi connectivity index (χ3v) is 7.57. The second-order valence-electron chi connectivity index (χ2n) is 10.0. The molecule has 4 heterocycles. The van der Waals surface area contributed by atoms with Gasteiger partial charge in [-0.15, -0.1) is 0 Å². The maximum absolute atomic E-state index is 13.4. The van der Waals surface area contributed by atoms with Crippen molar-refractivity contribution in [3.05, 3.63) is 58.5 Å². The van der Waals surface area contributed by atoms with Crippen LogP contribution in [-0.2, 0) is 18.3 Å². The fraction of sp³-hybridized carbons (Fsp3) is 0.414. The van der Waals surface area contributed by atoms with Crippen LogP contribution in [0.15, 0.2) is 36.2 Å². The summed E-state index contributed by atoms with van der Waals surface area (Å²) in [5.74, 6) is 2.46. The summed E-state index contributed by atoms with van der Waals surface area (Å²) >= 11 is 0. The maximum atomic E-state index is 13.4. The van der Waals surface area contributed by atoms with Crippen molar-refractivity contribution in [1.29, 1.82) is 0 Å². The number of nitrogens with zero attached hydrogens (tertiary/aromatic N) is 3. The van der Waals surface area contributed by atoms with Crippen LogP contribution in [0.3, 0.4) is 0 Å². The van der Waals surface area contributed by atoms with Crippen LogP contribution in [0.4, 0.5) is 0 Å². The molecule has 3 aliphatic heterocycles. The van der Waals surface area contributed by atoms with Crippen molar-refractivity contribution < 1.29 is 23.7 Å². The van der Waals surface area contributed by atoms with E-state index in [4.69, 9.17) is 18.9 Å². The fourth-order valence-corrected chi connectivity index (χ4v) is 5.57. The van der Waals surface area contributed by atoms with Gasteiger partial charge in [0, 0.05) is 67.0 Å². The van der Waals surface area contributed by atoms with Crippen molar-refractivity contribution in [2.45, 2.75) is 19.9 Å². The Kier molecular flexibility index (Phi) is 6.40. The molecule has 1 fully saturated rings. The topological polar surface area (TPSA) is 65.4 Å². The van der Waals surface area contributed by atoms with E-state index in [1.54, 1.807) is 7.11 Å². The molecule has 3 aromatic rings. The van der Waals surface area contributed by atoms with E-state index in [0.717, 1.165) is 91.5 Å². The predicted octanol–water partition coefficient (Wildman–Crippen LogP) is 3.99. The number of carbonyl (C=O) groups excluding carboxylic acids is 1. The van der Waals surface area contributed by atoms with E-state index < -0.39 is 0 Å². The first-order chi connectivity index (χ1) is 18.0. The zero-order valence-electron chi connectivity index (χ0n) is 21.7. The number of hydrogen-bond acceptors (Lipinski definition) is 7. The van der Waals surface area contributed by atoms with Crippen molar-refractivity contribution in [3.63, 3.8) is 0 Å². The standard InChI is InChI=1S/C29H33N3O5/c1-19-28-21(17-32(18-36-28)8-4-7-31-9-11-35-12-10-31)13-24-27(33)26(37-29(19)24)14-20-16-30(2)25-6-5-22(34-3)15-23(20)25/h5-6,13-16H,4,7-12,17-18H2,1-3H3/b26-14-. The SMILES string of the molecule is COc1ccc2c(c1)c(/C=C1\Oc3c(cc4c(c3C)OCN(CCCN3CCOCC3)C4)C1=O)cn2C. The quantitative estimate of drug-likeness (QED) is 0.472. The monoisotopic (exact) mass is 503 g/mol. The van der Waals surface area contributed by atoms with E-state index in [0.29, 0.717) is 23.8 Å². The van der Waals surface area contributed by atoms with Gasteiger partial charge in [0.1, 0.15) is 24.0 Å². The van der Waals surface area contributed by atoms with Gasteiger partial charge in [-0.1, -0.05) is 0 Å². The van der Waals surface area contributed by atoms with Gasteiger partial charge in [-0.2, -0.15) is 0 Å². The number of hydrogen-bond donors (Lipinski definition) is 0. The summed E-state index contributed by atoms with van der Waals surface area (Å²) in [6.45, 7) is 8.97. The van der Waals surface area contributed by atoms with Gasteiger partial charge in [-0.25, -0.2) is 0 Å². The Bertz CT molecular complexity index is 1390. The zero-order valence-corrected chi connectivity index (χ0v) is 21.7. The number of ether oxygens (including phenoxy) is 4. The lowest BCUT2D eigenvalue weighted by Gasteiger charge is -2.31. The first-order valence-corrected chi connectivity index (χ1v) is 12.9. The molecule has 0 amide bonds. The lowest BCUT2D eigenvalue weighted by Crippen LogP contribution is -2.39. The Labute approximate surface area is 216 Å². The van der Waals surface area contributed by atoms with Crippen LogP contribution in [0, 0.1) is 6.92 Å². The molecule has 0 spiro atoms. The largest absolute Gasteiger partial charge is 0.497 e. The van der Waals surface area contributed by atoms with Gasteiger partial charge in [0.2, 0.25) is 5.78 Å². The van der Waals surface area contributed by atoms with Crippen LogP contribution >= 0.6 is 0 Å². The molecule has 0 N–H and O–H groups in total. The average Bonchev–Trinajstić information content (AvgIpc) is 3.40. The molecular formula is C29H33N3O5. The molecule has 1 aromatic heterocycles. The number of Topliss-reactive ketones (excluding diaryl/α,β-unsaturated/α-hetero) is 1. The molecule has 37 heavy (non-hydrogen) atoms. The minimum Gasteiger partial charge on any atom is -0.497 e. The van der Waals surface area contributed by atoms with Crippen LogP contribution in [-0.4, -0.2) is 73.4 Å². The van der Waals surface area contributed by atoms with Gasteiger partial charge < -0.3 is 23.5 Å². The molecule has 8 heteroatoms. The van der Waals surface area contributed by atoms with E-state index in [2.05, 4.69) is 9.80 Å². The first kappa shape index (κ1) is 24.0. The van der Waals surface area contributed by atoms with E-state index in [1.807, 2.05) is 55.1 Å². The third kappa shape index (κ3) is 4.50. The summed E-state index contributed by atoms with van der Waals surface area (Å²) in [5.41, 5.74) is 4.51. The smallest absolute Gasteiger partial charge is 0.231 e. The number of allylic oxidation sites excluding steroid dienone is 1. The summed E-state index contributed by atoms with van der Waals surface area (Å²) in [4.78, 5) is 18.2. The summed E-state index contributed by atoms with van der Waals surface area (Å²) in [7, 11) is 3.64. The van der Waals surface area contributed by atoms with Crippen molar-refractivity contribution in [1.82, 2.24) is 14.4 Å². The van der Waals surface area contributed by atoms with Gasteiger partial charge in [0.05, 0.1) is 25.9 Å². The number of benzene rings is 2. The van der Waals surface area contributed by atoms with Gasteiger partial charge in [-0.3, -0.25) is 14.6 Å². The van der Waals surface area contributed by atoms with Crippen molar-refractivity contribution in [3.8, 4) is 17.2 Å². The molecular weight excluding hydrogens is 470 g/mol. The number of fused-ring (bicyclic) bond motifs is 3. The van der Waals surface area contributed by atoms with E-state index in [9.17, 15) is 4.79 Å². The molecule has 0 unspecified atom stereocenters. The normalized spacial score (nSPS) is 19.1. The second kappa shape index (κ2) is 9.85. The highest BCUT2D eigenvalue weighted by atomic mass is 16.5. The Morgan fingerprint density at radius 1 is 1.08 bits per heavy atom. The minimum atomic E-state index is -0.0924. The molecule has 0 saturated carbocycles. The Balaban J connectivity index is 1.21. The molecule has 3 aliphatic rings. The second-order valence-corrected chi connectivity index (χ2v) is 10.0. The summed E-state index contributed by atoms with van der Waals surface area (Å²) in [5, 5.41) is 1.01. The Morgan fingerprint density at radius 2 is 1.89 bits per heavy atom. The van der Waals surface area contributed by atoms with E-state index >= 15 is 0 Å². The lowest BCUT2D eigenvalue weighted by atomic mass is 10.00. The minimum absolute atomic E-state index is 0.0924. The average molecular weight is 504 g/mol. The zero-order chi connectivity index (χ0) is 25.5. The first-order valence-electron chi connectivity index (χ1n) is 12.9. The molecule has 0 radical (unpaired) electrons. The van der Waals surface area contributed by atoms with Crippen LogP contribution in [0.25, 0.3) is 17.0 Å². The highest BCUT2D eigenvalue weighted by Crippen LogP contribution is 2.43. The van der Waals surface area contributed by atoms with Crippen molar-refractivity contribution in [2.24, 2.45) is 7.05 Å². The summed E-state index contributed by atoms with van der Waals surface area (Å²) < 4.78 is 25.2. The third-order valence-electron chi connectivity index (χ3n) is 7.57. The van der Waals surface area contributed by atoms with Crippen LogP contribution in [0.5, 0.6) is 17.2 Å². The molecule has 0 bridgehead atoms. The van der Waals surface area contributed by atoms with Crippen molar-refractivity contribution in [2.75, 3.05) is 53.2 Å². The lowest BCUT2D eigenvalue weighted by molar-refractivity contribution is 0.0329. The highest BCUT2D eigenvalue weighted by Gasteiger charge is 2.33. The van der Waals surface area contributed by atoms with Crippen LogP contribution < -0.4 is 14.2 Å². The van der Waals surface area contributed by atoms with Gasteiger partial charge >= 0.3 is 0 Å². The molecule has 0 atom stereocenters. The van der Waals surface area contributed by atoms with Crippen LogP contribution in [0.2, 0.25) is 0 Å². The molecule has 8 nitrogen and oxygen atoms in total. The summed E-state index contributed by atoms with van der Waals surface area (Å²) in [6, 6.07) is 7.90. The van der Waals surface area contributed by atoms with Crippen LogP contribution in [0.1, 0.15) is 33.5 Å². The van der Waals surface area contributed by atoms with Gasteiger partial charge in [0.15, 0.2) is 5.76 Å². The molecule has 6 rings (SSSR count). The summed E-state index contributed by atoms with van der Waals surface area (Å²) in [6.07, 6.45) is 4.92. The van der Waals surface area contributed by atoms with Gasteiger partial charge in [-0.05, 0) is 50.2 Å². The number of rotatable bonds is 6. The fourth-order valence-electron chi connectivity index (χ4n) is 5.57. The highest BCUT2D eigenvalue weighted by molar-refractivity contribution is 6.15. The molecule has 2 aromatic carbocycles. The number of morpholine rings is 1. The van der Waals surface area contributed by atoms with Gasteiger partial charge in [0.25, 0.3) is 0 Å². The van der Waals surface area contributed by atoms with Crippen molar-refractivity contribution >= 4 is 22.8 Å². The number of methoxy groups -OCH3 is 1. The maximum Gasteiger partial charge on any atom is 0.231 e. The number of carbonyl (C=O) groups is 1. The molecule has 1 saturated heterocycles.